The van der Waals surface area contributed by atoms with E-state index in [1.54, 1.807) is 17.2 Å². The predicted octanol–water partition coefficient (Wildman–Crippen LogP) is 5.02. The van der Waals surface area contributed by atoms with Crippen LogP contribution in [-0.2, 0) is 16.1 Å². The summed E-state index contributed by atoms with van der Waals surface area (Å²) in [6.07, 6.45) is 5.18. The van der Waals surface area contributed by atoms with Crippen molar-refractivity contribution < 1.29 is 14.7 Å². The lowest BCUT2D eigenvalue weighted by molar-refractivity contribution is -0.134. The Morgan fingerprint density at radius 1 is 1.19 bits per heavy atom. The predicted molar refractivity (Wildman–Crippen MR) is 153 cm³/mol. The Morgan fingerprint density at radius 3 is 2.51 bits per heavy atom. The number of carboxylic acid groups (broad SMARTS) is 1. The first kappa shape index (κ1) is 28.1. The minimum absolute atomic E-state index is 0.156. The lowest BCUT2D eigenvalue weighted by Gasteiger charge is -2.13. The van der Waals surface area contributed by atoms with Gasteiger partial charge in [0.25, 0.3) is 17.4 Å². The number of benzene rings is 1. The van der Waals surface area contributed by atoms with Crippen molar-refractivity contribution in [3.8, 4) is 0 Å². The molecule has 0 spiro atoms. The van der Waals surface area contributed by atoms with Crippen LogP contribution in [0.4, 0.5) is 5.82 Å². The SMILES string of the molecule is CC(=O)O.CCCCN1C(=O)C(=Cc2c(NCc3ccc(C)cc3)nc3c(C)cccn3c2=O)SC1=S. The van der Waals surface area contributed by atoms with Gasteiger partial charge in [-0.2, -0.15) is 0 Å². The van der Waals surface area contributed by atoms with Crippen LogP contribution in [0.2, 0.25) is 0 Å². The molecule has 2 aromatic heterocycles. The van der Waals surface area contributed by atoms with Crippen LogP contribution in [0.25, 0.3) is 11.7 Å². The second-order valence-electron chi connectivity index (χ2n) is 8.61. The molecule has 194 valence electrons. The molecule has 8 nitrogen and oxygen atoms in total. The highest BCUT2D eigenvalue weighted by molar-refractivity contribution is 8.26. The van der Waals surface area contributed by atoms with Gasteiger partial charge >= 0.3 is 0 Å². The zero-order valence-electron chi connectivity index (χ0n) is 21.3. The number of nitrogens with zero attached hydrogens (tertiary/aromatic N) is 3. The Bertz CT molecular complexity index is 1410. The molecule has 0 saturated carbocycles. The minimum atomic E-state index is -0.833. The lowest BCUT2D eigenvalue weighted by atomic mass is 10.1. The molecule has 3 aromatic rings. The Balaban J connectivity index is 0.000000886. The van der Waals surface area contributed by atoms with Gasteiger partial charge < -0.3 is 10.4 Å². The van der Waals surface area contributed by atoms with E-state index in [-0.39, 0.29) is 11.5 Å². The highest BCUT2D eigenvalue weighted by Crippen LogP contribution is 2.33. The van der Waals surface area contributed by atoms with Gasteiger partial charge in [-0.25, -0.2) is 4.98 Å². The number of rotatable bonds is 7. The molecule has 10 heteroatoms. The summed E-state index contributed by atoms with van der Waals surface area (Å²) in [6.45, 7) is 8.21. The molecule has 3 heterocycles. The minimum Gasteiger partial charge on any atom is -0.481 e. The summed E-state index contributed by atoms with van der Waals surface area (Å²) in [5.74, 6) is -0.537. The van der Waals surface area contributed by atoms with Crippen molar-refractivity contribution in [1.29, 1.82) is 0 Å². The molecule has 0 aliphatic carbocycles. The number of carboxylic acids is 1. The number of anilines is 1. The van der Waals surface area contributed by atoms with Crippen LogP contribution in [0.15, 0.2) is 52.3 Å². The van der Waals surface area contributed by atoms with Gasteiger partial charge in [-0.05, 0) is 43.5 Å². The van der Waals surface area contributed by atoms with E-state index in [9.17, 15) is 9.59 Å². The number of nitrogens with one attached hydrogen (secondary N) is 1. The topological polar surface area (TPSA) is 104 Å². The average molecular weight is 539 g/mol. The summed E-state index contributed by atoms with van der Waals surface area (Å²) in [5, 5.41) is 10.7. The van der Waals surface area contributed by atoms with E-state index in [4.69, 9.17) is 27.1 Å². The molecule has 1 aromatic carbocycles. The van der Waals surface area contributed by atoms with Gasteiger partial charge in [0.2, 0.25) is 0 Å². The molecular weight excluding hydrogens is 508 g/mol. The largest absolute Gasteiger partial charge is 0.481 e. The molecule has 0 radical (unpaired) electrons. The Kier molecular flexibility index (Phi) is 9.60. The molecule has 1 fully saturated rings. The number of unbranched alkanes of at least 4 members (excludes halogenated alkanes) is 1. The van der Waals surface area contributed by atoms with Gasteiger partial charge in [0.05, 0.1) is 10.5 Å². The number of amides is 1. The van der Waals surface area contributed by atoms with Crippen molar-refractivity contribution in [2.24, 2.45) is 0 Å². The number of thiocarbonyl (C=S) groups is 1. The number of aliphatic carboxylic acids is 1. The van der Waals surface area contributed by atoms with Gasteiger partial charge in [0, 0.05) is 26.2 Å². The molecule has 1 saturated heterocycles. The van der Waals surface area contributed by atoms with Gasteiger partial charge in [0.1, 0.15) is 15.8 Å². The summed E-state index contributed by atoms with van der Waals surface area (Å²) >= 11 is 6.66. The van der Waals surface area contributed by atoms with Gasteiger partial charge in [-0.3, -0.25) is 23.7 Å². The Morgan fingerprint density at radius 2 is 1.86 bits per heavy atom. The molecule has 0 unspecified atom stereocenters. The third kappa shape index (κ3) is 7.05. The first-order chi connectivity index (χ1) is 17.6. The number of pyridine rings is 1. The first-order valence-corrected chi connectivity index (χ1v) is 13.1. The van der Waals surface area contributed by atoms with E-state index < -0.39 is 5.97 Å². The van der Waals surface area contributed by atoms with Crippen LogP contribution in [0, 0.1) is 13.8 Å². The number of carbonyl (C=O) groups excluding carboxylic acids is 1. The third-order valence-electron chi connectivity index (χ3n) is 5.55. The maximum atomic E-state index is 13.5. The summed E-state index contributed by atoms with van der Waals surface area (Å²) in [4.78, 5) is 42.3. The highest BCUT2D eigenvalue weighted by atomic mass is 32.2. The van der Waals surface area contributed by atoms with E-state index >= 15 is 0 Å². The fourth-order valence-electron chi connectivity index (χ4n) is 3.61. The summed E-state index contributed by atoms with van der Waals surface area (Å²) in [5.41, 5.74) is 3.86. The standard InChI is InChI=1S/C25H26N4O2S2.C2H4O2/c1-4-5-12-29-24(31)20(33-25(29)32)14-19-21(26-15-18-10-8-16(2)9-11-18)27-22-17(3)7-6-13-28(22)23(19)30;1-2(3)4/h6-11,13-14,26H,4-5,12,15H2,1-3H3;1H3,(H,3,4). The van der Waals surface area contributed by atoms with Crippen molar-refractivity contribution in [3.63, 3.8) is 0 Å². The number of aromatic nitrogens is 2. The molecule has 1 amide bonds. The number of fused-ring (bicyclic) bond motifs is 1. The Labute approximate surface area is 225 Å². The van der Waals surface area contributed by atoms with Crippen LogP contribution in [0.5, 0.6) is 0 Å². The average Bonchev–Trinajstić information content (AvgIpc) is 3.11. The van der Waals surface area contributed by atoms with Crippen LogP contribution in [-0.4, -0.2) is 42.1 Å². The smallest absolute Gasteiger partial charge is 0.300 e. The van der Waals surface area contributed by atoms with Crippen LogP contribution >= 0.6 is 24.0 Å². The fraction of sp³-hybridized carbons (Fsp3) is 0.296. The third-order valence-corrected chi connectivity index (χ3v) is 6.93. The van der Waals surface area contributed by atoms with E-state index in [1.807, 2.05) is 50.2 Å². The zero-order valence-corrected chi connectivity index (χ0v) is 22.9. The monoisotopic (exact) mass is 538 g/mol. The molecular formula is C27H30N4O4S2. The molecule has 1 aliphatic heterocycles. The van der Waals surface area contributed by atoms with Crippen LogP contribution < -0.4 is 10.9 Å². The van der Waals surface area contributed by atoms with E-state index in [0.29, 0.717) is 39.3 Å². The second kappa shape index (κ2) is 12.6. The van der Waals surface area contributed by atoms with Crippen LogP contribution in [0.1, 0.15) is 48.9 Å². The van der Waals surface area contributed by atoms with Crippen molar-refractivity contribution in [1.82, 2.24) is 14.3 Å². The molecule has 0 bridgehead atoms. The lowest BCUT2D eigenvalue weighted by Crippen LogP contribution is -2.29. The number of carbonyl (C=O) groups is 2. The normalized spacial score (nSPS) is 14.2. The van der Waals surface area contributed by atoms with Gasteiger partial charge in [-0.1, -0.05) is 73.2 Å². The van der Waals surface area contributed by atoms with Crippen LogP contribution in [0.3, 0.4) is 0 Å². The zero-order chi connectivity index (χ0) is 27.1. The number of hydrogen-bond acceptors (Lipinski definition) is 7. The van der Waals surface area contributed by atoms with Crippen molar-refractivity contribution >= 4 is 57.7 Å². The second-order valence-corrected chi connectivity index (χ2v) is 10.3. The van der Waals surface area contributed by atoms with Crippen molar-refractivity contribution in [2.75, 3.05) is 11.9 Å². The summed E-state index contributed by atoms with van der Waals surface area (Å²) < 4.78 is 2.05. The fourth-order valence-corrected chi connectivity index (χ4v) is 4.90. The first-order valence-electron chi connectivity index (χ1n) is 11.9. The van der Waals surface area contributed by atoms with Crippen molar-refractivity contribution in [3.05, 3.63) is 80.1 Å². The maximum absolute atomic E-state index is 13.5. The number of thioether (sulfide) groups is 1. The molecule has 37 heavy (non-hydrogen) atoms. The molecule has 0 atom stereocenters. The van der Waals surface area contributed by atoms with E-state index in [1.165, 1.54) is 21.7 Å². The van der Waals surface area contributed by atoms with Gasteiger partial charge in [-0.15, -0.1) is 0 Å². The maximum Gasteiger partial charge on any atom is 0.300 e. The summed E-state index contributed by atoms with van der Waals surface area (Å²) in [7, 11) is 0. The summed E-state index contributed by atoms with van der Waals surface area (Å²) in [6, 6.07) is 11.9. The van der Waals surface area contributed by atoms with E-state index in [2.05, 4.69) is 12.2 Å². The highest BCUT2D eigenvalue weighted by Gasteiger charge is 2.32. The molecule has 4 rings (SSSR count). The van der Waals surface area contributed by atoms with Crippen molar-refractivity contribution in [2.45, 2.75) is 47.1 Å². The quantitative estimate of drug-likeness (QED) is 0.319. The number of aryl methyl sites for hydroxylation is 2. The number of hydrogen-bond donors (Lipinski definition) is 2. The van der Waals surface area contributed by atoms with Gasteiger partial charge in [0.15, 0.2) is 0 Å². The molecule has 1 aliphatic rings. The molecule has 2 N–H and O–H groups in total. The van der Waals surface area contributed by atoms with E-state index in [0.717, 1.165) is 30.9 Å². The Hall–Kier alpha value is -3.50.